The molecule has 1 saturated heterocycles. The lowest BCUT2D eigenvalue weighted by molar-refractivity contribution is -0.125. The van der Waals surface area contributed by atoms with Crippen molar-refractivity contribution in [1.29, 1.82) is 0 Å². The number of hydrogen-bond acceptors (Lipinski definition) is 2. The van der Waals surface area contributed by atoms with Crippen LogP contribution in [0.1, 0.15) is 40.0 Å². The second-order valence-electron chi connectivity index (χ2n) is 4.71. The van der Waals surface area contributed by atoms with Gasteiger partial charge in [-0.05, 0) is 45.2 Å². The van der Waals surface area contributed by atoms with E-state index in [1.807, 2.05) is 6.92 Å². The van der Waals surface area contributed by atoms with Crippen LogP contribution in [0.3, 0.4) is 0 Å². The van der Waals surface area contributed by atoms with Gasteiger partial charge in [0.05, 0.1) is 0 Å². The highest BCUT2D eigenvalue weighted by molar-refractivity contribution is 5.78. The third-order valence-electron chi connectivity index (χ3n) is 3.47. The summed E-state index contributed by atoms with van der Waals surface area (Å²) < 4.78 is 0. The van der Waals surface area contributed by atoms with Crippen LogP contribution in [0.25, 0.3) is 0 Å². The van der Waals surface area contributed by atoms with Crippen LogP contribution < -0.4 is 10.6 Å². The van der Waals surface area contributed by atoms with Crippen molar-refractivity contribution >= 4 is 5.91 Å². The van der Waals surface area contributed by atoms with Gasteiger partial charge in [-0.1, -0.05) is 13.8 Å². The number of carbonyl (C=O) groups is 1. The lowest BCUT2D eigenvalue weighted by Gasteiger charge is -2.29. The number of amides is 1. The summed E-state index contributed by atoms with van der Waals surface area (Å²) in [6.07, 6.45) is 3.38. The standard InChI is InChI=1S/C12H24N2O/c1-4-9(2)12(15)14-10(3)11-6-5-7-13-8-11/h9-11,13H,4-8H2,1-3H3,(H,14,15). The molecule has 0 aromatic carbocycles. The molecule has 0 radical (unpaired) electrons. The van der Waals surface area contributed by atoms with Gasteiger partial charge in [-0.2, -0.15) is 0 Å². The first kappa shape index (κ1) is 12.5. The number of hydrogen-bond donors (Lipinski definition) is 2. The average molecular weight is 212 g/mol. The first-order chi connectivity index (χ1) is 7.15. The maximum atomic E-state index is 11.7. The van der Waals surface area contributed by atoms with E-state index in [1.165, 1.54) is 12.8 Å². The summed E-state index contributed by atoms with van der Waals surface area (Å²) in [6.45, 7) is 8.33. The molecule has 0 saturated carbocycles. The molecule has 1 aliphatic heterocycles. The monoisotopic (exact) mass is 212 g/mol. The van der Waals surface area contributed by atoms with Crippen molar-refractivity contribution in [2.24, 2.45) is 11.8 Å². The molecule has 3 heteroatoms. The maximum absolute atomic E-state index is 11.7. The molecule has 2 N–H and O–H groups in total. The van der Waals surface area contributed by atoms with Crippen molar-refractivity contribution in [2.45, 2.75) is 46.1 Å². The van der Waals surface area contributed by atoms with Crippen molar-refractivity contribution in [1.82, 2.24) is 10.6 Å². The van der Waals surface area contributed by atoms with Crippen molar-refractivity contribution in [2.75, 3.05) is 13.1 Å². The molecule has 0 aromatic rings. The third-order valence-corrected chi connectivity index (χ3v) is 3.47. The molecule has 1 aliphatic rings. The normalized spacial score (nSPS) is 25.7. The molecule has 0 spiro atoms. The van der Waals surface area contributed by atoms with Gasteiger partial charge in [0.15, 0.2) is 0 Å². The van der Waals surface area contributed by atoms with Gasteiger partial charge in [0.25, 0.3) is 0 Å². The van der Waals surface area contributed by atoms with E-state index in [2.05, 4.69) is 24.5 Å². The highest BCUT2D eigenvalue weighted by Gasteiger charge is 2.22. The Morgan fingerprint density at radius 1 is 1.53 bits per heavy atom. The number of nitrogens with one attached hydrogen (secondary N) is 2. The second kappa shape index (κ2) is 6.11. The molecule has 0 aromatic heterocycles. The third kappa shape index (κ3) is 3.82. The van der Waals surface area contributed by atoms with Crippen molar-refractivity contribution in [3.63, 3.8) is 0 Å². The first-order valence-electron chi connectivity index (χ1n) is 6.16. The predicted molar refractivity (Wildman–Crippen MR) is 62.7 cm³/mol. The Kier molecular flexibility index (Phi) is 5.09. The summed E-state index contributed by atoms with van der Waals surface area (Å²) in [6, 6.07) is 0.305. The van der Waals surface area contributed by atoms with Crippen LogP contribution in [0.15, 0.2) is 0 Å². The zero-order valence-corrected chi connectivity index (χ0v) is 10.2. The fourth-order valence-corrected chi connectivity index (χ4v) is 1.98. The molecule has 3 unspecified atom stereocenters. The van der Waals surface area contributed by atoms with Gasteiger partial charge in [-0.3, -0.25) is 4.79 Å². The average Bonchev–Trinajstić information content (AvgIpc) is 2.29. The molecule has 88 valence electrons. The Bertz CT molecular complexity index is 200. The van der Waals surface area contributed by atoms with E-state index in [1.54, 1.807) is 0 Å². The summed E-state index contributed by atoms with van der Waals surface area (Å²) in [5.41, 5.74) is 0. The van der Waals surface area contributed by atoms with Crippen molar-refractivity contribution in [3.05, 3.63) is 0 Å². The minimum absolute atomic E-state index is 0.143. The van der Waals surface area contributed by atoms with Gasteiger partial charge in [-0.15, -0.1) is 0 Å². The smallest absolute Gasteiger partial charge is 0.223 e. The molecule has 1 fully saturated rings. The lowest BCUT2D eigenvalue weighted by Crippen LogP contribution is -2.45. The van der Waals surface area contributed by atoms with E-state index in [0.29, 0.717) is 12.0 Å². The van der Waals surface area contributed by atoms with E-state index in [4.69, 9.17) is 0 Å². The van der Waals surface area contributed by atoms with E-state index in [-0.39, 0.29) is 11.8 Å². The molecule has 0 bridgehead atoms. The zero-order valence-electron chi connectivity index (χ0n) is 10.2. The van der Waals surface area contributed by atoms with E-state index in [9.17, 15) is 4.79 Å². The van der Waals surface area contributed by atoms with Gasteiger partial charge in [0.2, 0.25) is 5.91 Å². The molecule has 15 heavy (non-hydrogen) atoms. The zero-order chi connectivity index (χ0) is 11.3. The number of carbonyl (C=O) groups excluding carboxylic acids is 1. The number of rotatable bonds is 4. The first-order valence-corrected chi connectivity index (χ1v) is 6.16. The summed E-state index contributed by atoms with van der Waals surface area (Å²) in [4.78, 5) is 11.7. The molecule has 1 amide bonds. The minimum Gasteiger partial charge on any atom is -0.353 e. The largest absolute Gasteiger partial charge is 0.353 e. The van der Waals surface area contributed by atoms with Crippen LogP contribution in [0.4, 0.5) is 0 Å². The van der Waals surface area contributed by atoms with Crippen LogP contribution in [0.2, 0.25) is 0 Å². The molecule has 1 rings (SSSR count). The van der Waals surface area contributed by atoms with Gasteiger partial charge in [0.1, 0.15) is 0 Å². The lowest BCUT2D eigenvalue weighted by atomic mass is 9.92. The summed E-state index contributed by atoms with van der Waals surface area (Å²) in [7, 11) is 0. The predicted octanol–water partition coefficient (Wildman–Crippen LogP) is 1.54. The highest BCUT2D eigenvalue weighted by Crippen LogP contribution is 2.14. The molecular weight excluding hydrogens is 188 g/mol. The fraction of sp³-hybridized carbons (Fsp3) is 0.917. The molecule has 3 atom stereocenters. The Hall–Kier alpha value is -0.570. The second-order valence-corrected chi connectivity index (χ2v) is 4.71. The topological polar surface area (TPSA) is 41.1 Å². The summed E-state index contributed by atoms with van der Waals surface area (Å²) >= 11 is 0. The van der Waals surface area contributed by atoms with Gasteiger partial charge < -0.3 is 10.6 Å². The van der Waals surface area contributed by atoms with Gasteiger partial charge in [-0.25, -0.2) is 0 Å². The summed E-state index contributed by atoms with van der Waals surface area (Å²) in [5, 5.41) is 6.50. The Morgan fingerprint density at radius 3 is 2.80 bits per heavy atom. The van der Waals surface area contributed by atoms with Crippen LogP contribution in [-0.4, -0.2) is 25.0 Å². The minimum atomic E-state index is 0.143. The van der Waals surface area contributed by atoms with Crippen LogP contribution in [0, 0.1) is 11.8 Å². The van der Waals surface area contributed by atoms with Crippen molar-refractivity contribution < 1.29 is 4.79 Å². The van der Waals surface area contributed by atoms with Crippen LogP contribution >= 0.6 is 0 Å². The van der Waals surface area contributed by atoms with Crippen molar-refractivity contribution in [3.8, 4) is 0 Å². The SMILES string of the molecule is CCC(C)C(=O)NC(C)C1CCCNC1. The van der Waals surface area contributed by atoms with E-state index >= 15 is 0 Å². The Balaban J connectivity index is 2.33. The quantitative estimate of drug-likeness (QED) is 0.742. The Labute approximate surface area is 93.0 Å². The molecule has 0 aliphatic carbocycles. The van der Waals surface area contributed by atoms with Gasteiger partial charge >= 0.3 is 0 Å². The maximum Gasteiger partial charge on any atom is 0.223 e. The number of piperidine rings is 1. The Morgan fingerprint density at radius 2 is 2.27 bits per heavy atom. The fourth-order valence-electron chi connectivity index (χ4n) is 1.98. The van der Waals surface area contributed by atoms with Crippen LogP contribution in [-0.2, 0) is 4.79 Å². The summed E-state index contributed by atoms with van der Waals surface area (Å²) in [5.74, 6) is 0.950. The highest BCUT2D eigenvalue weighted by atomic mass is 16.1. The molecule has 1 heterocycles. The van der Waals surface area contributed by atoms with E-state index in [0.717, 1.165) is 19.5 Å². The van der Waals surface area contributed by atoms with Gasteiger partial charge in [0, 0.05) is 12.0 Å². The van der Waals surface area contributed by atoms with E-state index < -0.39 is 0 Å². The van der Waals surface area contributed by atoms with Crippen LogP contribution in [0.5, 0.6) is 0 Å². The molecule has 3 nitrogen and oxygen atoms in total. The molecular formula is C12H24N2O.